The third-order valence-electron chi connectivity index (χ3n) is 4.15. The summed E-state index contributed by atoms with van der Waals surface area (Å²) in [5, 5.41) is 0. The van der Waals surface area contributed by atoms with Gasteiger partial charge >= 0.3 is 0 Å². The predicted octanol–water partition coefficient (Wildman–Crippen LogP) is 3.95. The van der Waals surface area contributed by atoms with E-state index in [1.54, 1.807) is 6.21 Å². The van der Waals surface area contributed by atoms with E-state index in [-0.39, 0.29) is 17.9 Å². The van der Waals surface area contributed by atoms with Crippen LogP contribution in [0.2, 0.25) is 0 Å². The summed E-state index contributed by atoms with van der Waals surface area (Å²) in [5.41, 5.74) is 4.48. The Bertz CT molecular complexity index is 739. The highest BCUT2D eigenvalue weighted by Gasteiger charge is 2.20. The fourth-order valence-electron chi connectivity index (χ4n) is 2.75. The van der Waals surface area contributed by atoms with Gasteiger partial charge < -0.3 is 4.90 Å². The Labute approximate surface area is 137 Å². The van der Waals surface area contributed by atoms with E-state index in [1.165, 1.54) is 5.56 Å². The van der Waals surface area contributed by atoms with Crippen LogP contribution >= 0.6 is 0 Å². The van der Waals surface area contributed by atoms with Gasteiger partial charge in [0.25, 0.3) is 0 Å². The number of hydrogen-bond acceptors (Lipinski definition) is 2. The van der Waals surface area contributed by atoms with Crippen molar-refractivity contribution in [1.29, 1.82) is 0 Å². The molecule has 0 fully saturated rings. The van der Waals surface area contributed by atoms with Crippen LogP contribution in [-0.4, -0.2) is 18.7 Å². The lowest BCUT2D eigenvalue weighted by molar-refractivity contribution is -0.117. The number of fused-ring (bicyclic) bond motifs is 1. The van der Waals surface area contributed by atoms with Gasteiger partial charge in [0.1, 0.15) is 6.54 Å². The summed E-state index contributed by atoms with van der Waals surface area (Å²) in [4.78, 5) is 18.5. The van der Waals surface area contributed by atoms with Gasteiger partial charge in [0, 0.05) is 11.8 Å². The molecule has 0 spiro atoms. The van der Waals surface area contributed by atoms with E-state index in [0.29, 0.717) is 6.54 Å². The fourth-order valence-corrected chi connectivity index (χ4v) is 2.75. The molecule has 2 aromatic rings. The van der Waals surface area contributed by atoms with Gasteiger partial charge in [-0.2, -0.15) is 0 Å². The van der Waals surface area contributed by atoms with E-state index >= 15 is 0 Å². The number of aliphatic imine (C=N–C) groups is 1. The molecule has 0 saturated heterocycles. The molecule has 3 rings (SSSR count). The van der Waals surface area contributed by atoms with Crippen LogP contribution in [0.3, 0.4) is 0 Å². The molecule has 0 unspecified atom stereocenters. The number of nitrogens with zero attached hydrogens (tertiary/aromatic N) is 2. The molecule has 1 aliphatic rings. The third kappa shape index (κ3) is 3.34. The van der Waals surface area contributed by atoms with Gasteiger partial charge in [0.2, 0.25) is 5.91 Å². The number of anilines is 1. The van der Waals surface area contributed by atoms with Crippen molar-refractivity contribution in [2.75, 3.05) is 11.4 Å². The highest BCUT2D eigenvalue weighted by Crippen LogP contribution is 2.25. The zero-order valence-electron chi connectivity index (χ0n) is 13.9. The molecule has 1 amide bonds. The minimum atomic E-state index is 0.0334. The molecule has 0 atom stereocenters. The summed E-state index contributed by atoms with van der Waals surface area (Å²) >= 11 is 0. The first-order chi connectivity index (χ1) is 10.9. The van der Waals surface area contributed by atoms with Crippen LogP contribution in [0.5, 0.6) is 0 Å². The smallest absolute Gasteiger partial charge is 0.248 e. The molecule has 3 heteroatoms. The van der Waals surface area contributed by atoms with E-state index in [2.05, 4.69) is 50.0 Å². The predicted molar refractivity (Wildman–Crippen MR) is 95.2 cm³/mol. The van der Waals surface area contributed by atoms with Crippen molar-refractivity contribution >= 4 is 17.8 Å². The summed E-state index contributed by atoms with van der Waals surface area (Å²) in [6.07, 6.45) is 1.79. The topological polar surface area (TPSA) is 32.7 Å². The number of carbonyl (C=O) groups excluding carboxylic acids is 1. The van der Waals surface area contributed by atoms with E-state index < -0.39 is 0 Å². The summed E-state index contributed by atoms with van der Waals surface area (Å²) in [7, 11) is 0. The van der Waals surface area contributed by atoms with E-state index in [0.717, 1.165) is 16.8 Å². The second-order valence-corrected chi connectivity index (χ2v) is 6.96. The number of para-hydroxylation sites is 1. The standard InChI is InChI=1S/C20H22N2O/c1-20(2,3)17-10-8-15(9-11-17)14-22-18-7-5-4-6-16(18)12-21-13-19(22)23/h4-12H,13-14H2,1-3H3. The van der Waals surface area contributed by atoms with E-state index in [1.807, 2.05) is 29.2 Å². The average molecular weight is 306 g/mol. The minimum absolute atomic E-state index is 0.0334. The maximum absolute atomic E-state index is 12.4. The van der Waals surface area contributed by atoms with Crippen LogP contribution < -0.4 is 4.90 Å². The molecule has 0 bridgehead atoms. The van der Waals surface area contributed by atoms with Crippen LogP contribution in [0.4, 0.5) is 5.69 Å². The number of carbonyl (C=O) groups is 1. The first kappa shape index (κ1) is 15.5. The molecule has 23 heavy (non-hydrogen) atoms. The zero-order chi connectivity index (χ0) is 16.4. The Morgan fingerprint density at radius 1 is 1.04 bits per heavy atom. The first-order valence-electron chi connectivity index (χ1n) is 7.94. The van der Waals surface area contributed by atoms with Gasteiger partial charge in [-0.3, -0.25) is 9.79 Å². The van der Waals surface area contributed by atoms with Crippen molar-refractivity contribution in [2.24, 2.45) is 4.99 Å². The third-order valence-corrected chi connectivity index (χ3v) is 4.15. The quantitative estimate of drug-likeness (QED) is 0.827. The Morgan fingerprint density at radius 2 is 1.74 bits per heavy atom. The minimum Gasteiger partial charge on any atom is -0.306 e. The summed E-state index contributed by atoms with van der Waals surface area (Å²) < 4.78 is 0. The molecule has 0 saturated carbocycles. The van der Waals surface area contributed by atoms with Crippen LogP contribution in [0, 0.1) is 0 Å². The normalized spacial score (nSPS) is 14.6. The first-order valence-corrected chi connectivity index (χ1v) is 7.94. The van der Waals surface area contributed by atoms with Crippen LogP contribution in [-0.2, 0) is 16.8 Å². The number of benzene rings is 2. The summed E-state index contributed by atoms with van der Waals surface area (Å²) in [6, 6.07) is 16.4. The van der Waals surface area contributed by atoms with Crippen LogP contribution in [0.25, 0.3) is 0 Å². The van der Waals surface area contributed by atoms with Gasteiger partial charge in [-0.05, 0) is 22.6 Å². The molecule has 0 radical (unpaired) electrons. The molecular weight excluding hydrogens is 284 g/mol. The van der Waals surface area contributed by atoms with Crippen molar-refractivity contribution in [2.45, 2.75) is 32.7 Å². The molecule has 0 aromatic heterocycles. The average Bonchev–Trinajstić information content (AvgIpc) is 2.67. The molecule has 0 N–H and O–H groups in total. The molecular formula is C20H22N2O. The molecule has 3 nitrogen and oxygen atoms in total. The van der Waals surface area contributed by atoms with Gasteiger partial charge in [-0.15, -0.1) is 0 Å². The molecule has 1 aliphatic heterocycles. The number of amides is 1. The largest absolute Gasteiger partial charge is 0.306 e. The van der Waals surface area contributed by atoms with E-state index in [4.69, 9.17) is 0 Å². The van der Waals surface area contributed by atoms with Crippen molar-refractivity contribution in [1.82, 2.24) is 0 Å². The lowest BCUT2D eigenvalue weighted by atomic mass is 9.87. The maximum atomic E-state index is 12.4. The number of rotatable bonds is 2. The number of benzodiazepines with no additional fused rings is 1. The highest BCUT2D eigenvalue weighted by atomic mass is 16.2. The lowest BCUT2D eigenvalue weighted by Crippen LogP contribution is -2.31. The second-order valence-electron chi connectivity index (χ2n) is 6.96. The summed E-state index contributed by atoms with van der Waals surface area (Å²) in [6.45, 7) is 7.38. The number of hydrogen-bond donors (Lipinski definition) is 0. The van der Waals surface area contributed by atoms with Crippen molar-refractivity contribution in [3.8, 4) is 0 Å². The van der Waals surface area contributed by atoms with E-state index in [9.17, 15) is 4.79 Å². The fraction of sp³-hybridized carbons (Fsp3) is 0.300. The van der Waals surface area contributed by atoms with Gasteiger partial charge in [-0.25, -0.2) is 0 Å². The van der Waals surface area contributed by atoms with Crippen LogP contribution in [0.1, 0.15) is 37.5 Å². The Balaban J connectivity index is 1.89. The molecule has 118 valence electrons. The zero-order valence-corrected chi connectivity index (χ0v) is 13.9. The Kier molecular flexibility index (Phi) is 4.03. The van der Waals surface area contributed by atoms with Gasteiger partial charge in [0.15, 0.2) is 0 Å². The highest BCUT2D eigenvalue weighted by molar-refractivity contribution is 6.03. The monoisotopic (exact) mass is 306 g/mol. The van der Waals surface area contributed by atoms with Gasteiger partial charge in [0.05, 0.1) is 12.2 Å². The Hall–Kier alpha value is -2.42. The van der Waals surface area contributed by atoms with Crippen molar-refractivity contribution in [3.05, 3.63) is 65.2 Å². The SMILES string of the molecule is CC(C)(C)c1ccc(CN2C(=O)CN=Cc3ccccc32)cc1. The maximum Gasteiger partial charge on any atom is 0.248 e. The Morgan fingerprint density at radius 3 is 2.43 bits per heavy atom. The van der Waals surface area contributed by atoms with Gasteiger partial charge in [-0.1, -0.05) is 63.2 Å². The molecule has 0 aliphatic carbocycles. The van der Waals surface area contributed by atoms with Crippen molar-refractivity contribution < 1.29 is 4.79 Å². The molecule has 2 aromatic carbocycles. The lowest BCUT2D eigenvalue weighted by Gasteiger charge is -2.24. The van der Waals surface area contributed by atoms with Crippen LogP contribution in [0.15, 0.2) is 53.5 Å². The molecule has 1 heterocycles. The second kappa shape index (κ2) is 5.99. The van der Waals surface area contributed by atoms with Crippen molar-refractivity contribution in [3.63, 3.8) is 0 Å². The summed E-state index contributed by atoms with van der Waals surface area (Å²) in [5.74, 6) is 0.0334.